The van der Waals surface area contributed by atoms with Gasteiger partial charge in [-0.2, -0.15) is 0 Å². The third-order valence-electron chi connectivity index (χ3n) is 12.4. The van der Waals surface area contributed by atoms with Gasteiger partial charge in [-0.05, 0) is 124 Å². The number of aryl methyl sites for hydroxylation is 1. The number of rotatable bonds is 11. The molecule has 3 heterocycles. The second-order valence-corrected chi connectivity index (χ2v) is 17.1. The van der Waals surface area contributed by atoms with Gasteiger partial charge >= 0.3 is 6.09 Å². The predicted molar refractivity (Wildman–Crippen MR) is 203 cm³/mol. The lowest BCUT2D eigenvalue weighted by Crippen LogP contribution is -2.52. The van der Waals surface area contributed by atoms with Crippen molar-refractivity contribution in [3.63, 3.8) is 0 Å². The number of anilines is 1. The van der Waals surface area contributed by atoms with E-state index in [4.69, 9.17) is 23.2 Å². The molecule has 280 valence electrons. The summed E-state index contributed by atoms with van der Waals surface area (Å²) in [6.07, 6.45) is 12.8. The molecule has 0 atom stereocenters. The number of hydrogen-bond acceptors (Lipinski definition) is 9. The summed E-state index contributed by atoms with van der Waals surface area (Å²) < 4.78 is 22.1. The fraction of sp³-hybridized carbons (Fsp3) is 0.610. The van der Waals surface area contributed by atoms with Gasteiger partial charge in [0.1, 0.15) is 23.0 Å². The van der Waals surface area contributed by atoms with Crippen LogP contribution in [0.25, 0.3) is 11.3 Å². The average molecular weight is 731 g/mol. The van der Waals surface area contributed by atoms with Crippen LogP contribution in [0.1, 0.15) is 114 Å². The molecule has 8 rings (SSSR count). The van der Waals surface area contributed by atoms with E-state index in [-0.39, 0.29) is 46.0 Å². The van der Waals surface area contributed by atoms with Gasteiger partial charge in [-0.3, -0.25) is 9.69 Å². The Hall–Kier alpha value is -3.57. The van der Waals surface area contributed by atoms with Crippen LogP contribution in [-0.2, 0) is 19.1 Å². The number of aromatic nitrogens is 2. The minimum atomic E-state index is -0.384. The monoisotopic (exact) mass is 730 g/mol. The van der Waals surface area contributed by atoms with E-state index >= 15 is 0 Å². The highest BCUT2D eigenvalue weighted by atomic mass is 32.2. The van der Waals surface area contributed by atoms with Crippen LogP contribution in [0.15, 0.2) is 47.1 Å². The summed E-state index contributed by atoms with van der Waals surface area (Å²) in [4.78, 5) is 34.0. The minimum Gasteiger partial charge on any atom is -0.496 e. The zero-order valence-electron chi connectivity index (χ0n) is 31.2. The van der Waals surface area contributed by atoms with Crippen molar-refractivity contribution in [1.82, 2.24) is 15.5 Å². The maximum Gasteiger partial charge on any atom is 0.419 e. The van der Waals surface area contributed by atoms with E-state index in [0.29, 0.717) is 25.6 Å². The summed E-state index contributed by atoms with van der Waals surface area (Å²) in [6.45, 7) is 8.30. The molecule has 5 fully saturated rings. The van der Waals surface area contributed by atoms with E-state index in [9.17, 15) is 9.59 Å². The highest BCUT2D eigenvalue weighted by molar-refractivity contribution is 7.95. The lowest BCUT2D eigenvalue weighted by Gasteiger charge is -2.55. The zero-order chi connectivity index (χ0) is 36.3. The highest BCUT2D eigenvalue weighted by Crippen LogP contribution is 2.58. The van der Waals surface area contributed by atoms with E-state index in [1.165, 1.54) is 23.2 Å². The molecule has 2 bridgehead atoms. The maximum atomic E-state index is 14.7. The Kier molecular flexibility index (Phi) is 11.2. The lowest BCUT2D eigenvalue weighted by atomic mass is 9.51. The van der Waals surface area contributed by atoms with Gasteiger partial charge in [0.2, 0.25) is 5.91 Å². The van der Waals surface area contributed by atoms with E-state index in [2.05, 4.69) is 49.4 Å². The molecule has 4 aliphatic carbocycles. The van der Waals surface area contributed by atoms with Gasteiger partial charge in [-0.1, -0.05) is 31.1 Å². The Labute approximate surface area is 312 Å². The van der Waals surface area contributed by atoms with Gasteiger partial charge in [0.05, 0.1) is 19.2 Å². The molecule has 4 saturated carbocycles. The molecule has 0 unspecified atom stereocenters. The molecule has 2 aromatic heterocycles. The van der Waals surface area contributed by atoms with Crippen molar-refractivity contribution in [2.45, 2.75) is 120 Å². The van der Waals surface area contributed by atoms with Crippen molar-refractivity contribution >= 4 is 29.9 Å². The number of pyridine rings is 1. The van der Waals surface area contributed by atoms with Crippen molar-refractivity contribution in [3.8, 4) is 17.0 Å². The number of ether oxygens (including phenoxy) is 2. The fourth-order valence-electron chi connectivity index (χ4n) is 8.94. The molecular weight excluding hydrogens is 677 g/mol. The van der Waals surface area contributed by atoms with Crippen LogP contribution in [0.3, 0.4) is 0 Å². The third kappa shape index (κ3) is 8.00. The first-order valence-electron chi connectivity index (χ1n) is 19.3. The average Bonchev–Trinajstić information content (AvgIpc) is 3.69. The molecule has 0 spiro atoms. The van der Waals surface area contributed by atoms with E-state index in [0.717, 1.165) is 99.8 Å². The fourth-order valence-corrected chi connectivity index (χ4v) is 9.68. The second kappa shape index (κ2) is 15.8. The third-order valence-corrected chi connectivity index (χ3v) is 13.4. The number of carbonyl (C=O) groups excluding carboxylic acids is 2. The van der Waals surface area contributed by atoms with E-state index in [1.807, 2.05) is 23.1 Å². The van der Waals surface area contributed by atoms with Crippen LogP contribution in [0.2, 0.25) is 0 Å². The Morgan fingerprint density at radius 2 is 1.71 bits per heavy atom. The summed E-state index contributed by atoms with van der Waals surface area (Å²) in [7, 11) is 1.73. The number of nitrogens with one attached hydrogen (secondary N) is 1. The molecule has 1 saturated heterocycles. The molecule has 1 N–H and O–H groups in total. The van der Waals surface area contributed by atoms with Crippen LogP contribution in [-0.4, -0.2) is 60.3 Å². The molecule has 0 radical (unpaired) electrons. The molecule has 11 heteroatoms. The van der Waals surface area contributed by atoms with Crippen molar-refractivity contribution in [2.75, 3.05) is 31.8 Å². The summed E-state index contributed by atoms with van der Waals surface area (Å²) in [5, 5.41) is 7.50. The summed E-state index contributed by atoms with van der Waals surface area (Å²) in [5.41, 5.74) is 4.50. The molecule has 52 heavy (non-hydrogen) atoms. The molecule has 2 amide bonds. The summed E-state index contributed by atoms with van der Waals surface area (Å²) in [5.74, 6) is 2.72. The van der Waals surface area contributed by atoms with Crippen molar-refractivity contribution in [1.29, 1.82) is 0 Å². The Balaban J connectivity index is 1.05. The standard InChI is InChI=1S/C41H54N4O6S/c1-27(2)36-25-34(44-50-36)30-11-20-42-37(24-30)45(26-40-14-17-41(18-15-40,19-16-40)31-7-10-35(48-4)28(3)23-31)38(46)29-5-8-33(9-6-29)52-51-39(47)43-32-12-21-49-22-13-32/h7,10-11,20,23-25,27,29,32-33H,5-6,8-9,12-19,21-22,26H2,1-4H3,(H,43,47). The van der Waals surface area contributed by atoms with Gasteiger partial charge < -0.3 is 23.5 Å². The van der Waals surface area contributed by atoms with Crippen LogP contribution in [0.5, 0.6) is 5.75 Å². The van der Waals surface area contributed by atoms with Crippen LogP contribution >= 0.6 is 12.0 Å². The molecule has 1 aliphatic heterocycles. The SMILES string of the molecule is COc1ccc(C23CCC(CN(C(=O)C4CCC(SOC(=O)NC5CCOCC5)CC4)c4cc(-c5cc(C(C)C)on5)ccn4)(CC2)CC3)cc1C. The molecule has 10 nitrogen and oxygen atoms in total. The topological polar surface area (TPSA) is 116 Å². The Morgan fingerprint density at radius 3 is 2.37 bits per heavy atom. The molecule has 3 aromatic rings. The van der Waals surface area contributed by atoms with Gasteiger partial charge in [-0.25, -0.2) is 9.78 Å². The van der Waals surface area contributed by atoms with Crippen molar-refractivity contribution in [3.05, 3.63) is 59.5 Å². The van der Waals surface area contributed by atoms with Crippen LogP contribution in [0, 0.1) is 18.3 Å². The second-order valence-electron chi connectivity index (χ2n) is 16.0. The summed E-state index contributed by atoms with van der Waals surface area (Å²) in [6, 6.07) is 12.8. The van der Waals surface area contributed by atoms with Crippen LogP contribution < -0.4 is 15.0 Å². The first kappa shape index (κ1) is 36.8. The van der Waals surface area contributed by atoms with Crippen molar-refractivity contribution in [2.24, 2.45) is 11.3 Å². The smallest absolute Gasteiger partial charge is 0.419 e. The number of amides is 2. The van der Waals surface area contributed by atoms with Gasteiger partial charge in [0, 0.05) is 60.7 Å². The van der Waals surface area contributed by atoms with Gasteiger partial charge in [0.25, 0.3) is 0 Å². The van der Waals surface area contributed by atoms with E-state index in [1.54, 1.807) is 13.3 Å². The predicted octanol–water partition coefficient (Wildman–Crippen LogP) is 8.91. The number of hydrogen-bond donors (Lipinski definition) is 1. The number of methoxy groups -OCH3 is 1. The molecule has 1 aromatic carbocycles. The Bertz CT molecular complexity index is 1690. The van der Waals surface area contributed by atoms with Crippen LogP contribution in [0.4, 0.5) is 10.6 Å². The summed E-state index contributed by atoms with van der Waals surface area (Å²) >= 11 is 1.25. The number of carbonyl (C=O) groups is 2. The van der Waals surface area contributed by atoms with Gasteiger partial charge in [0.15, 0.2) is 0 Å². The number of nitrogens with zero attached hydrogens (tertiary/aromatic N) is 3. The number of fused-ring (bicyclic) bond motifs is 3. The lowest BCUT2D eigenvalue weighted by molar-refractivity contribution is -0.124. The molecule has 5 aliphatic rings. The first-order valence-corrected chi connectivity index (χ1v) is 20.1. The molecular formula is C41H54N4O6S. The van der Waals surface area contributed by atoms with Gasteiger partial charge in [-0.15, -0.1) is 0 Å². The first-order chi connectivity index (χ1) is 25.2. The quantitative estimate of drug-likeness (QED) is 0.193. The minimum absolute atomic E-state index is 0.0496. The number of benzene rings is 1. The Morgan fingerprint density at radius 1 is 0.981 bits per heavy atom. The highest BCUT2D eigenvalue weighted by Gasteiger charge is 2.51. The van der Waals surface area contributed by atoms with Crippen molar-refractivity contribution < 1.29 is 27.8 Å². The van der Waals surface area contributed by atoms with E-state index < -0.39 is 0 Å². The maximum absolute atomic E-state index is 14.7. The zero-order valence-corrected chi connectivity index (χ0v) is 32.0. The normalized spacial score (nSPS) is 26.2. The largest absolute Gasteiger partial charge is 0.496 e.